The largest absolute Gasteiger partial charge is 0.488 e. The topological polar surface area (TPSA) is 80.9 Å². The van der Waals surface area contributed by atoms with Gasteiger partial charge in [0.05, 0.1) is 0 Å². The molecule has 0 aromatic heterocycles. The molecule has 8 aromatic carbocycles. The van der Waals surface area contributed by atoms with Crippen molar-refractivity contribution in [3.05, 3.63) is 206 Å². The summed E-state index contributed by atoms with van der Waals surface area (Å²) < 4.78 is 0. The van der Waals surface area contributed by atoms with Gasteiger partial charge in [-0.2, -0.15) is 0 Å². The Morgan fingerprint density at radius 3 is 0.574 bits per heavy atom. The molecular weight excluding hydrogens is 662 g/mol. The molecule has 0 spiro atoms. The van der Waals surface area contributed by atoms with Gasteiger partial charge in [-0.15, -0.1) is 0 Å². The number of hydrogen-bond acceptors (Lipinski definition) is 4. The first-order valence-electron chi connectivity index (χ1n) is 17.9. The monoisotopic (exact) mass is 700 g/mol. The predicted molar refractivity (Wildman–Crippen MR) is 225 cm³/mol. The molecule has 0 heterocycles. The molecule has 0 radical (unpaired) electrons. The van der Waals surface area contributed by atoms with Gasteiger partial charge in [-0.25, -0.2) is 0 Å². The summed E-state index contributed by atoms with van der Waals surface area (Å²) in [7, 11) is -2.90. The minimum absolute atomic E-state index is 0.487. The molecule has 0 unspecified atom stereocenters. The van der Waals surface area contributed by atoms with Crippen LogP contribution < -0.4 is 10.9 Å². The van der Waals surface area contributed by atoms with Crippen LogP contribution in [-0.2, 0) is 0 Å². The molecule has 0 atom stereocenters. The van der Waals surface area contributed by atoms with E-state index in [0.29, 0.717) is 10.9 Å². The quantitative estimate of drug-likeness (QED) is 0.120. The fourth-order valence-electron chi connectivity index (χ4n) is 6.47. The average Bonchev–Trinajstić information content (AvgIpc) is 3.25. The molecular formula is C48H38B2O4. The lowest BCUT2D eigenvalue weighted by molar-refractivity contribution is 0.424. The van der Waals surface area contributed by atoms with Gasteiger partial charge in [0.25, 0.3) is 0 Å². The molecule has 0 amide bonds. The molecule has 54 heavy (non-hydrogen) atoms. The van der Waals surface area contributed by atoms with Crippen molar-refractivity contribution in [3.63, 3.8) is 0 Å². The molecule has 0 saturated heterocycles. The van der Waals surface area contributed by atoms with E-state index in [9.17, 15) is 20.1 Å². The Hall–Kier alpha value is -6.27. The van der Waals surface area contributed by atoms with Gasteiger partial charge < -0.3 is 20.1 Å². The van der Waals surface area contributed by atoms with E-state index < -0.39 is 14.2 Å². The van der Waals surface area contributed by atoms with Crippen LogP contribution in [0.4, 0.5) is 0 Å². The molecule has 260 valence electrons. The highest BCUT2D eigenvalue weighted by Gasteiger charge is 2.13. The number of hydrogen-bond donors (Lipinski definition) is 4. The van der Waals surface area contributed by atoms with Gasteiger partial charge in [0, 0.05) is 0 Å². The molecule has 0 fully saturated rings. The van der Waals surface area contributed by atoms with Gasteiger partial charge in [0.15, 0.2) is 0 Å². The van der Waals surface area contributed by atoms with Gasteiger partial charge in [-0.1, -0.05) is 170 Å². The maximum atomic E-state index is 9.33. The van der Waals surface area contributed by atoms with Gasteiger partial charge in [0.2, 0.25) is 0 Å². The van der Waals surface area contributed by atoms with Crippen molar-refractivity contribution < 1.29 is 20.1 Å². The zero-order chi connectivity index (χ0) is 37.3. The van der Waals surface area contributed by atoms with Gasteiger partial charge in [-0.05, 0) is 114 Å². The lowest BCUT2D eigenvalue weighted by Crippen LogP contribution is -2.29. The highest BCUT2D eigenvalue weighted by atomic mass is 16.4. The first kappa shape index (κ1) is 36.1. The van der Waals surface area contributed by atoms with Crippen molar-refractivity contribution in [2.75, 3.05) is 0 Å². The third kappa shape index (κ3) is 8.84. The van der Waals surface area contributed by atoms with E-state index in [1.54, 1.807) is 24.3 Å². The van der Waals surface area contributed by atoms with E-state index in [4.69, 9.17) is 0 Å². The summed E-state index contributed by atoms with van der Waals surface area (Å²) in [5.41, 5.74) is 14.5. The minimum atomic E-state index is -1.45. The molecule has 8 aromatic rings. The maximum absolute atomic E-state index is 9.33. The highest BCUT2D eigenvalue weighted by Crippen LogP contribution is 2.34. The van der Waals surface area contributed by atoms with Crippen LogP contribution in [0.5, 0.6) is 0 Å². The second kappa shape index (κ2) is 17.0. The Kier molecular flexibility index (Phi) is 11.4. The van der Waals surface area contributed by atoms with Crippen LogP contribution in [0, 0.1) is 0 Å². The van der Waals surface area contributed by atoms with Crippen molar-refractivity contribution in [2.24, 2.45) is 0 Å². The Balaban J connectivity index is 0.000000167. The summed E-state index contributed by atoms with van der Waals surface area (Å²) in [5.74, 6) is 0. The SMILES string of the molecule is OB(O)c1ccc(-c2cc(-c3ccccc3)cc(-c3ccccc3)c2)cc1.OB(O)c1ccc(-c2cc(-c3ccccc3)cc(-c3ccccc3)c2)cc1. The van der Waals surface area contributed by atoms with Crippen LogP contribution in [0.3, 0.4) is 0 Å². The van der Waals surface area contributed by atoms with E-state index in [0.717, 1.165) is 44.5 Å². The minimum Gasteiger partial charge on any atom is -0.423 e. The van der Waals surface area contributed by atoms with Crippen molar-refractivity contribution in [2.45, 2.75) is 0 Å². The zero-order valence-electron chi connectivity index (χ0n) is 29.6. The van der Waals surface area contributed by atoms with E-state index in [1.165, 1.54) is 22.3 Å². The molecule has 0 aliphatic rings. The maximum Gasteiger partial charge on any atom is 0.488 e. The van der Waals surface area contributed by atoms with Crippen LogP contribution in [-0.4, -0.2) is 34.3 Å². The molecule has 0 saturated carbocycles. The Bertz CT molecular complexity index is 2110. The third-order valence-corrected chi connectivity index (χ3v) is 9.38. The average molecular weight is 700 g/mol. The Morgan fingerprint density at radius 1 is 0.204 bits per heavy atom. The van der Waals surface area contributed by atoms with Gasteiger partial charge >= 0.3 is 14.2 Å². The number of rotatable bonds is 8. The predicted octanol–water partition coefficient (Wildman–Crippen LogP) is 8.73. The molecule has 4 nitrogen and oxygen atoms in total. The van der Waals surface area contributed by atoms with Crippen LogP contribution in [0.25, 0.3) is 66.8 Å². The fraction of sp³-hybridized carbons (Fsp3) is 0. The van der Waals surface area contributed by atoms with Crippen molar-refractivity contribution in [1.82, 2.24) is 0 Å². The molecule has 0 aliphatic carbocycles. The third-order valence-electron chi connectivity index (χ3n) is 9.38. The standard InChI is InChI=1S/2C24H19BO2/c2*26-25(27)24-13-11-20(12-14-24)23-16-21(18-7-3-1-4-8-18)15-22(17-23)19-9-5-2-6-10-19/h2*1-17,26-27H. The summed E-state index contributed by atoms with van der Waals surface area (Å²) in [5, 5.41) is 37.3. The Labute approximate surface area is 317 Å². The van der Waals surface area contributed by atoms with Crippen molar-refractivity contribution in [1.29, 1.82) is 0 Å². The summed E-state index contributed by atoms with van der Waals surface area (Å²) in [4.78, 5) is 0. The summed E-state index contributed by atoms with van der Waals surface area (Å²) in [6.07, 6.45) is 0. The number of benzene rings is 8. The first-order chi connectivity index (χ1) is 26.4. The normalized spacial score (nSPS) is 10.6. The van der Waals surface area contributed by atoms with E-state index in [1.807, 2.05) is 97.1 Å². The molecule has 6 heteroatoms. The van der Waals surface area contributed by atoms with E-state index in [-0.39, 0.29) is 0 Å². The highest BCUT2D eigenvalue weighted by molar-refractivity contribution is 6.59. The fourth-order valence-corrected chi connectivity index (χ4v) is 6.47. The van der Waals surface area contributed by atoms with Crippen LogP contribution in [0.15, 0.2) is 206 Å². The zero-order valence-corrected chi connectivity index (χ0v) is 29.6. The van der Waals surface area contributed by atoms with Crippen molar-refractivity contribution in [3.8, 4) is 66.8 Å². The summed E-state index contributed by atoms with van der Waals surface area (Å²) in [6.45, 7) is 0. The first-order valence-corrected chi connectivity index (χ1v) is 17.9. The molecule has 4 N–H and O–H groups in total. The molecule has 0 aliphatic heterocycles. The Morgan fingerprint density at radius 2 is 0.389 bits per heavy atom. The van der Waals surface area contributed by atoms with Gasteiger partial charge in [-0.3, -0.25) is 0 Å². The van der Waals surface area contributed by atoms with Crippen LogP contribution in [0.2, 0.25) is 0 Å². The molecule has 8 rings (SSSR count). The van der Waals surface area contributed by atoms with E-state index >= 15 is 0 Å². The summed E-state index contributed by atoms with van der Waals surface area (Å²) in [6, 6.07) is 69.1. The summed E-state index contributed by atoms with van der Waals surface area (Å²) >= 11 is 0. The van der Waals surface area contributed by atoms with E-state index in [2.05, 4.69) is 84.9 Å². The molecule has 0 bridgehead atoms. The lowest BCUT2D eigenvalue weighted by atomic mass is 9.79. The van der Waals surface area contributed by atoms with Gasteiger partial charge in [0.1, 0.15) is 0 Å². The van der Waals surface area contributed by atoms with Crippen LogP contribution >= 0.6 is 0 Å². The second-order valence-electron chi connectivity index (χ2n) is 13.1. The smallest absolute Gasteiger partial charge is 0.423 e. The lowest BCUT2D eigenvalue weighted by Gasteiger charge is -2.12. The second-order valence-corrected chi connectivity index (χ2v) is 13.1. The van der Waals surface area contributed by atoms with Crippen molar-refractivity contribution >= 4 is 25.2 Å². The van der Waals surface area contributed by atoms with Crippen LogP contribution in [0.1, 0.15) is 0 Å².